The molecule has 0 radical (unpaired) electrons. The lowest BCUT2D eigenvalue weighted by atomic mass is 10.1. The predicted octanol–water partition coefficient (Wildman–Crippen LogP) is 3.70. The fraction of sp³-hybridized carbons (Fsp3) is 0.455. The van der Waals surface area contributed by atoms with Gasteiger partial charge in [-0.15, -0.1) is 0 Å². The Morgan fingerprint density at radius 2 is 1.93 bits per heavy atom. The number of ether oxygens (including phenoxy) is 1. The normalized spacial score (nSPS) is 14.9. The van der Waals surface area contributed by atoms with Crippen molar-refractivity contribution in [3.05, 3.63) is 59.9 Å². The Kier molecular flexibility index (Phi) is 7.51. The smallest absolute Gasteiger partial charge is 0.191 e. The molecule has 1 aliphatic carbocycles. The number of aromatic nitrogens is 1. The summed E-state index contributed by atoms with van der Waals surface area (Å²) in [6.07, 6.45) is 8.13. The Morgan fingerprint density at radius 3 is 2.63 bits per heavy atom. The highest BCUT2D eigenvalue weighted by Gasteiger charge is 2.16. The number of pyridine rings is 1. The molecule has 1 fully saturated rings. The van der Waals surface area contributed by atoms with Crippen LogP contribution in [0.1, 0.15) is 43.9 Å². The van der Waals surface area contributed by atoms with Gasteiger partial charge in [0.2, 0.25) is 0 Å². The van der Waals surface area contributed by atoms with Gasteiger partial charge in [-0.05, 0) is 68.9 Å². The van der Waals surface area contributed by atoms with Crippen LogP contribution in [-0.2, 0) is 13.0 Å². The van der Waals surface area contributed by atoms with Crippen molar-refractivity contribution in [2.75, 3.05) is 13.1 Å². The van der Waals surface area contributed by atoms with E-state index in [-0.39, 0.29) is 0 Å². The van der Waals surface area contributed by atoms with Gasteiger partial charge in [0, 0.05) is 19.3 Å². The van der Waals surface area contributed by atoms with Crippen LogP contribution in [0.15, 0.2) is 53.7 Å². The Morgan fingerprint density at radius 1 is 1.11 bits per heavy atom. The van der Waals surface area contributed by atoms with Crippen LogP contribution in [0.4, 0.5) is 0 Å². The minimum atomic E-state index is 0.413. The zero-order valence-corrected chi connectivity index (χ0v) is 16.2. The van der Waals surface area contributed by atoms with Crippen molar-refractivity contribution in [2.45, 2.75) is 51.7 Å². The maximum Gasteiger partial charge on any atom is 0.191 e. The largest absolute Gasteiger partial charge is 0.490 e. The van der Waals surface area contributed by atoms with E-state index in [4.69, 9.17) is 4.74 Å². The highest BCUT2D eigenvalue weighted by Crippen LogP contribution is 2.24. The van der Waals surface area contributed by atoms with E-state index in [0.717, 1.165) is 36.9 Å². The molecule has 3 rings (SSSR count). The fourth-order valence-electron chi connectivity index (χ4n) is 3.25. The number of hydrogen-bond donors (Lipinski definition) is 2. The Hall–Kier alpha value is -2.56. The second-order valence-electron chi connectivity index (χ2n) is 6.86. The molecule has 0 amide bonds. The van der Waals surface area contributed by atoms with Crippen molar-refractivity contribution >= 4 is 5.96 Å². The van der Waals surface area contributed by atoms with Crippen LogP contribution in [0, 0.1) is 0 Å². The first-order chi connectivity index (χ1) is 13.3. The highest BCUT2D eigenvalue weighted by atomic mass is 16.5. The number of nitrogens with one attached hydrogen (secondary N) is 2. The van der Waals surface area contributed by atoms with Gasteiger partial charge in [-0.1, -0.05) is 18.2 Å². The van der Waals surface area contributed by atoms with Crippen LogP contribution in [0.5, 0.6) is 5.75 Å². The molecule has 0 unspecified atom stereocenters. The molecule has 2 N–H and O–H groups in total. The maximum absolute atomic E-state index is 6.03. The Labute approximate surface area is 162 Å². The second-order valence-corrected chi connectivity index (χ2v) is 6.86. The van der Waals surface area contributed by atoms with E-state index in [1.807, 2.05) is 18.2 Å². The van der Waals surface area contributed by atoms with E-state index in [1.54, 1.807) is 6.20 Å². The topological polar surface area (TPSA) is 58.5 Å². The lowest BCUT2D eigenvalue weighted by Gasteiger charge is -2.14. The first-order valence-electron chi connectivity index (χ1n) is 10.0. The van der Waals surface area contributed by atoms with Gasteiger partial charge >= 0.3 is 0 Å². The molecule has 0 aliphatic heterocycles. The quantitative estimate of drug-likeness (QED) is 0.552. The molecule has 5 nitrogen and oxygen atoms in total. The number of benzene rings is 1. The third-order valence-electron chi connectivity index (χ3n) is 4.70. The van der Waals surface area contributed by atoms with Gasteiger partial charge in [-0.3, -0.25) is 4.98 Å². The third-order valence-corrected chi connectivity index (χ3v) is 4.70. The molecule has 27 heavy (non-hydrogen) atoms. The van der Waals surface area contributed by atoms with E-state index in [1.165, 1.54) is 31.2 Å². The number of aliphatic imine (C=N–C) groups is 1. The van der Waals surface area contributed by atoms with Crippen LogP contribution in [0.25, 0.3) is 0 Å². The van der Waals surface area contributed by atoms with Crippen molar-refractivity contribution in [1.29, 1.82) is 0 Å². The molecule has 5 heteroatoms. The maximum atomic E-state index is 6.03. The average molecular weight is 367 g/mol. The molecule has 0 bridgehead atoms. The molecule has 144 valence electrons. The van der Waals surface area contributed by atoms with Gasteiger partial charge in [-0.2, -0.15) is 0 Å². The van der Waals surface area contributed by atoms with Crippen LogP contribution in [0.2, 0.25) is 0 Å². The van der Waals surface area contributed by atoms with E-state index in [9.17, 15) is 0 Å². The summed E-state index contributed by atoms with van der Waals surface area (Å²) in [6, 6.07) is 14.4. The molecule has 1 aliphatic rings. The zero-order valence-electron chi connectivity index (χ0n) is 16.2. The lowest BCUT2D eigenvalue weighted by Crippen LogP contribution is -2.38. The van der Waals surface area contributed by atoms with Gasteiger partial charge in [0.1, 0.15) is 5.75 Å². The molecule has 2 aromatic rings. The minimum absolute atomic E-state index is 0.413. The van der Waals surface area contributed by atoms with Crippen molar-refractivity contribution in [3.63, 3.8) is 0 Å². The molecule has 1 aromatic heterocycles. The van der Waals surface area contributed by atoms with Gasteiger partial charge in [0.25, 0.3) is 0 Å². The summed E-state index contributed by atoms with van der Waals surface area (Å²) in [4.78, 5) is 8.91. The van der Waals surface area contributed by atoms with E-state index in [0.29, 0.717) is 12.6 Å². The molecule has 0 atom stereocenters. The number of guanidine groups is 1. The first-order valence-corrected chi connectivity index (χ1v) is 10.0. The average Bonchev–Trinajstić information content (AvgIpc) is 3.21. The molecule has 1 heterocycles. The molecule has 1 saturated carbocycles. The summed E-state index contributed by atoms with van der Waals surface area (Å²) >= 11 is 0. The van der Waals surface area contributed by atoms with Gasteiger partial charge in [0.15, 0.2) is 5.96 Å². The van der Waals surface area contributed by atoms with Crippen molar-refractivity contribution < 1.29 is 4.74 Å². The standard InChI is InChI=1S/C22H30N4O/c1-2-23-22(26-17-19-7-5-6-15-24-19)25-16-14-18-10-12-21(13-11-18)27-20-8-3-4-9-20/h5-7,10-13,15,20H,2-4,8-9,14,16-17H2,1H3,(H2,23,25,26). The molecule has 0 saturated heterocycles. The fourth-order valence-corrected chi connectivity index (χ4v) is 3.25. The van der Waals surface area contributed by atoms with E-state index < -0.39 is 0 Å². The van der Waals surface area contributed by atoms with Crippen molar-refractivity contribution in [1.82, 2.24) is 15.6 Å². The van der Waals surface area contributed by atoms with Gasteiger partial charge in [-0.25, -0.2) is 4.99 Å². The van der Waals surface area contributed by atoms with Crippen LogP contribution >= 0.6 is 0 Å². The van der Waals surface area contributed by atoms with Crippen molar-refractivity contribution in [3.8, 4) is 5.75 Å². The second kappa shape index (κ2) is 10.6. The first kappa shape index (κ1) is 19.2. The predicted molar refractivity (Wildman–Crippen MR) is 110 cm³/mol. The van der Waals surface area contributed by atoms with Gasteiger partial charge in [0.05, 0.1) is 18.3 Å². The minimum Gasteiger partial charge on any atom is -0.490 e. The van der Waals surface area contributed by atoms with Crippen LogP contribution in [-0.4, -0.2) is 30.1 Å². The van der Waals surface area contributed by atoms with Crippen molar-refractivity contribution in [2.24, 2.45) is 4.99 Å². The number of nitrogens with zero attached hydrogens (tertiary/aromatic N) is 2. The summed E-state index contributed by atoms with van der Waals surface area (Å²) in [7, 11) is 0. The summed E-state index contributed by atoms with van der Waals surface area (Å²) in [5.74, 6) is 1.81. The summed E-state index contributed by atoms with van der Waals surface area (Å²) in [5.41, 5.74) is 2.26. The van der Waals surface area contributed by atoms with Gasteiger partial charge < -0.3 is 15.4 Å². The third kappa shape index (κ3) is 6.59. The summed E-state index contributed by atoms with van der Waals surface area (Å²) < 4.78 is 6.03. The zero-order chi connectivity index (χ0) is 18.7. The monoisotopic (exact) mass is 366 g/mol. The van der Waals surface area contributed by atoms with Crippen LogP contribution in [0.3, 0.4) is 0 Å². The molecular weight excluding hydrogens is 336 g/mol. The van der Waals surface area contributed by atoms with Crippen LogP contribution < -0.4 is 15.4 Å². The molecule has 1 aromatic carbocycles. The van der Waals surface area contributed by atoms with E-state index >= 15 is 0 Å². The Bertz CT molecular complexity index is 694. The SMILES string of the molecule is CCNC(=NCc1ccccn1)NCCc1ccc(OC2CCCC2)cc1. The summed E-state index contributed by atoms with van der Waals surface area (Å²) in [6.45, 7) is 4.31. The number of hydrogen-bond acceptors (Lipinski definition) is 3. The number of rotatable bonds is 8. The lowest BCUT2D eigenvalue weighted by molar-refractivity contribution is 0.210. The van der Waals surface area contributed by atoms with E-state index in [2.05, 4.69) is 51.8 Å². The summed E-state index contributed by atoms with van der Waals surface area (Å²) in [5, 5.41) is 6.67. The Balaban J connectivity index is 1.44. The molecule has 0 spiro atoms. The highest BCUT2D eigenvalue weighted by molar-refractivity contribution is 5.79. The molecular formula is C22H30N4O.